The fourth-order valence-corrected chi connectivity index (χ4v) is 2.01. The maximum Gasteiger partial charge on any atom is 0.416 e. The minimum atomic E-state index is -4.56. The van der Waals surface area contributed by atoms with Crippen molar-refractivity contribution < 1.29 is 23.1 Å². The van der Waals surface area contributed by atoms with Gasteiger partial charge in [-0.25, -0.2) is 4.79 Å². The van der Waals surface area contributed by atoms with Gasteiger partial charge in [-0.1, -0.05) is 30.3 Å². The monoisotopic (exact) mass is 280 g/mol. The Balaban J connectivity index is 2.66. The Bertz CT molecular complexity index is 660. The minimum Gasteiger partial charge on any atom is -0.478 e. The van der Waals surface area contributed by atoms with Crippen LogP contribution >= 0.6 is 0 Å². The van der Waals surface area contributed by atoms with Crippen molar-refractivity contribution in [1.82, 2.24) is 0 Å². The van der Waals surface area contributed by atoms with E-state index in [0.717, 1.165) is 11.6 Å². The van der Waals surface area contributed by atoms with Crippen molar-refractivity contribution in [3.63, 3.8) is 0 Å². The van der Waals surface area contributed by atoms with E-state index in [1.807, 2.05) is 0 Å². The maximum atomic E-state index is 12.7. The van der Waals surface area contributed by atoms with Crippen LogP contribution in [0.2, 0.25) is 0 Å². The van der Waals surface area contributed by atoms with Crippen LogP contribution in [-0.2, 0) is 6.18 Å². The summed E-state index contributed by atoms with van der Waals surface area (Å²) >= 11 is 0. The molecule has 2 rings (SSSR count). The third kappa shape index (κ3) is 2.66. The lowest BCUT2D eigenvalue weighted by Crippen LogP contribution is -2.08. The molecule has 2 aromatic rings. The highest BCUT2D eigenvalue weighted by Gasteiger charge is 2.32. The quantitative estimate of drug-likeness (QED) is 0.886. The van der Waals surface area contributed by atoms with Gasteiger partial charge >= 0.3 is 12.1 Å². The van der Waals surface area contributed by atoms with Gasteiger partial charge in [-0.3, -0.25) is 0 Å². The van der Waals surface area contributed by atoms with E-state index in [0.29, 0.717) is 11.6 Å². The molecule has 0 atom stereocenters. The molecule has 0 fully saturated rings. The van der Waals surface area contributed by atoms with Gasteiger partial charge in [0.2, 0.25) is 0 Å². The Labute approximate surface area is 113 Å². The predicted octanol–water partition coefficient (Wildman–Crippen LogP) is 4.38. The average molecular weight is 280 g/mol. The third-order valence-corrected chi connectivity index (χ3v) is 3.01. The molecule has 20 heavy (non-hydrogen) atoms. The van der Waals surface area contributed by atoms with Gasteiger partial charge in [-0.15, -0.1) is 0 Å². The number of carboxylic acids is 1. The first-order valence-electron chi connectivity index (χ1n) is 5.81. The molecule has 0 heterocycles. The Kier molecular flexibility index (Phi) is 3.53. The molecule has 0 aliphatic carbocycles. The summed E-state index contributed by atoms with van der Waals surface area (Å²) in [7, 11) is 0. The lowest BCUT2D eigenvalue weighted by atomic mass is 9.94. The molecule has 104 valence electrons. The normalized spacial score (nSPS) is 11.4. The molecule has 0 spiro atoms. The second-order valence-corrected chi connectivity index (χ2v) is 4.38. The zero-order valence-electron chi connectivity index (χ0n) is 10.5. The number of aryl methyl sites for hydroxylation is 1. The molecule has 0 saturated heterocycles. The van der Waals surface area contributed by atoms with Crippen molar-refractivity contribution >= 4 is 5.97 Å². The SMILES string of the molecule is Cc1ccccc1-c1ccc(C(F)(F)F)cc1C(=O)O. The summed E-state index contributed by atoms with van der Waals surface area (Å²) in [5.74, 6) is -1.38. The summed E-state index contributed by atoms with van der Waals surface area (Å²) in [6, 6.07) is 9.73. The lowest BCUT2D eigenvalue weighted by molar-refractivity contribution is -0.137. The highest BCUT2D eigenvalue weighted by molar-refractivity contribution is 5.96. The molecule has 0 radical (unpaired) electrons. The van der Waals surface area contributed by atoms with Gasteiger partial charge in [0.05, 0.1) is 11.1 Å². The maximum absolute atomic E-state index is 12.7. The van der Waals surface area contributed by atoms with E-state index in [2.05, 4.69) is 0 Å². The molecule has 0 saturated carbocycles. The number of rotatable bonds is 2. The second-order valence-electron chi connectivity index (χ2n) is 4.38. The molecule has 1 N–H and O–H groups in total. The van der Waals surface area contributed by atoms with Crippen LogP contribution in [0.15, 0.2) is 42.5 Å². The number of halogens is 3. The predicted molar refractivity (Wildman–Crippen MR) is 68.6 cm³/mol. The smallest absolute Gasteiger partial charge is 0.416 e. The van der Waals surface area contributed by atoms with Crippen molar-refractivity contribution in [3.05, 3.63) is 59.2 Å². The first kappa shape index (κ1) is 14.1. The Morgan fingerprint density at radius 2 is 1.70 bits per heavy atom. The van der Waals surface area contributed by atoms with Gasteiger partial charge in [-0.2, -0.15) is 13.2 Å². The summed E-state index contributed by atoms with van der Waals surface area (Å²) in [6.07, 6.45) is -4.56. The number of benzene rings is 2. The molecule has 0 aliphatic rings. The van der Waals surface area contributed by atoms with Crippen LogP contribution in [0, 0.1) is 6.92 Å². The topological polar surface area (TPSA) is 37.3 Å². The Hall–Kier alpha value is -2.30. The van der Waals surface area contributed by atoms with Crippen LogP contribution in [0.3, 0.4) is 0 Å². The van der Waals surface area contributed by atoms with E-state index < -0.39 is 17.7 Å². The Morgan fingerprint density at radius 3 is 2.25 bits per heavy atom. The number of carbonyl (C=O) groups is 1. The van der Waals surface area contributed by atoms with Crippen LogP contribution in [0.1, 0.15) is 21.5 Å². The molecule has 0 amide bonds. The first-order valence-corrected chi connectivity index (χ1v) is 5.81. The molecule has 0 bridgehead atoms. The fourth-order valence-electron chi connectivity index (χ4n) is 2.01. The summed E-state index contributed by atoms with van der Waals surface area (Å²) in [5, 5.41) is 9.14. The zero-order valence-corrected chi connectivity index (χ0v) is 10.5. The number of carboxylic acid groups (broad SMARTS) is 1. The summed E-state index contributed by atoms with van der Waals surface area (Å²) in [5.41, 5.74) is 0.373. The van der Waals surface area contributed by atoms with Gasteiger partial charge < -0.3 is 5.11 Å². The van der Waals surface area contributed by atoms with E-state index in [-0.39, 0.29) is 11.1 Å². The van der Waals surface area contributed by atoms with E-state index in [9.17, 15) is 18.0 Å². The Morgan fingerprint density at radius 1 is 1.05 bits per heavy atom. The number of hydrogen-bond acceptors (Lipinski definition) is 1. The lowest BCUT2D eigenvalue weighted by Gasteiger charge is -2.13. The van der Waals surface area contributed by atoms with E-state index >= 15 is 0 Å². The van der Waals surface area contributed by atoms with Gasteiger partial charge in [0.1, 0.15) is 0 Å². The van der Waals surface area contributed by atoms with Crippen molar-refractivity contribution in [3.8, 4) is 11.1 Å². The number of hydrogen-bond donors (Lipinski definition) is 1. The van der Waals surface area contributed by atoms with E-state index in [1.54, 1.807) is 31.2 Å². The summed E-state index contributed by atoms with van der Waals surface area (Å²) < 4.78 is 38.0. The fraction of sp³-hybridized carbons (Fsp3) is 0.133. The van der Waals surface area contributed by atoms with Crippen LogP contribution in [0.4, 0.5) is 13.2 Å². The molecule has 0 aliphatic heterocycles. The van der Waals surface area contributed by atoms with Gasteiger partial charge in [0.15, 0.2) is 0 Å². The van der Waals surface area contributed by atoms with Crippen molar-refractivity contribution in [2.75, 3.05) is 0 Å². The van der Waals surface area contributed by atoms with Crippen LogP contribution < -0.4 is 0 Å². The van der Waals surface area contributed by atoms with Crippen LogP contribution in [0.25, 0.3) is 11.1 Å². The van der Waals surface area contributed by atoms with Gasteiger partial charge in [0.25, 0.3) is 0 Å². The highest BCUT2D eigenvalue weighted by atomic mass is 19.4. The largest absolute Gasteiger partial charge is 0.478 e. The van der Waals surface area contributed by atoms with E-state index in [4.69, 9.17) is 5.11 Å². The standard InChI is InChI=1S/C15H11F3O2/c1-9-4-2-3-5-11(9)12-7-6-10(15(16,17)18)8-13(12)14(19)20/h2-8H,1H3,(H,19,20). The zero-order chi connectivity index (χ0) is 14.9. The molecule has 0 aromatic heterocycles. The van der Waals surface area contributed by atoms with Crippen molar-refractivity contribution in [1.29, 1.82) is 0 Å². The summed E-state index contributed by atoms with van der Waals surface area (Å²) in [6.45, 7) is 1.78. The summed E-state index contributed by atoms with van der Waals surface area (Å²) in [4.78, 5) is 11.2. The molecular weight excluding hydrogens is 269 g/mol. The number of alkyl halides is 3. The van der Waals surface area contributed by atoms with E-state index in [1.165, 1.54) is 6.07 Å². The number of aromatic carboxylic acids is 1. The third-order valence-electron chi connectivity index (χ3n) is 3.01. The van der Waals surface area contributed by atoms with Crippen LogP contribution in [-0.4, -0.2) is 11.1 Å². The van der Waals surface area contributed by atoms with Crippen molar-refractivity contribution in [2.24, 2.45) is 0 Å². The minimum absolute atomic E-state index is 0.281. The first-order chi connectivity index (χ1) is 9.30. The molecular formula is C15H11F3O2. The molecule has 5 heteroatoms. The van der Waals surface area contributed by atoms with Crippen LogP contribution in [0.5, 0.6) is 0 Å². The molecule has 2 aromatic carbocycles. The molecule has 0 unspecified atom stereocenters. The molecule has 2 nitrogen and oxygen atoms in total. The van der Waals surface area contributed by atoms with Crippen molar-refractivity contribution in [2.45, 2.75) is 13.1 Å². The van der Waals surface area contributed by atoms with Gasteiger partial charge in [0, 0.05) is 0 Å². The highest BCUT2D eigenvalue weighted by Crippen LogP contribution is 2.34. The van der Waals surface area contributed by atoms with Gasteiger partial charge in [-0.05, 0) is 35.7 Å². The second kappa shape index (κ2) is 5.00. The average Bonchev–Trinajstić information content (AvgIpc) is 2.37.